The molecule has 78 valence electrons. The van der Waals surface area contributed by atoms with E-state index in [9.17, 15) is 22.0 Å². The minimum absolute atomic E-state index is 0.390. The van der Waals surface area contributed by atoms with Crippen LogP contribution in [0, 0.1) is 0 Å². The summed E-state index contributed by atoms with van der Waals surface area (Å²) in [6.07, 6.45) is -7.16. The Morgan fingerprint density at radius 2 is 1.86 bits per heavy atom. The van der Waals surface area contributed by atoms with Crippen LogP contribution in [0.4, 0.5) is 27.6 Å². The van der Waals surface area contributed by atoms with Crippen molar-refractivity contribution >= 4 is 5.69 Å². The van der Waals surface area contributed by atoms with Crippen LogP contribution < -0.4 is 5.73 Å². The van der Waals surface area contributed by atoms with E-state index in [1.807, 2.05) is 0 Å². The van der Waals surface area contributed by atoms with E-state index in [1.54, 1.807) is 0 Å². The molecular formula is C7H5F5N2. The molecule has 1 aromatic heterocycles. The quantitative estimate of drug-likeness (QED) is 0.726. The number of nitrogen functional groups attached to an aromatic ring is 1. The first-order chi connectivity index (χ1) is 6.32. The summed E-state index contributed by atoms with van der Waals surface area (Å²) in [4.78, 5) is 2.85. The van der Waals surface area contributed by atoms with Gasteiger partial charge in [0.05, 0.1) is 5.56 Å². The summed E-state index contributed by atoms with van der Waals surface area (Å²) >= 11 is 0. The molecule has 2 N–H and O–H groups in total. The Morgan fingerprint density at radius 3 is 2.21 bits per heavy atom. The second-order valence-corrected chi connectivity index (χ2v) is 2.50. The molecule has 0 radical (unpaired) electrons. The minimum Gasteiger partial charge on any atom is -0.398 e. The lowest BCUT2D eigenvalue weighted by Gasteiger charge is -2.08. The highest BCUT2D eigenvalue weighted by Gasteiger charge is 2.33. The molecule has 0 saturated heterocycles. The second-order valence-electron chi connectivity index (χ2n) is 2.50. The highest BCUT2D eigenvalue weighted by atomic mass is 19.4. The summed E-state index contributed by atoms with van der Waals surface area (Å²) in [6, 6.07) is 0.390. The van der Waals surface area contributed by atoms with Crippen LogP contribution in [0.15, 0.2) is 12.3 Å². The van der Waals surface area contributed by atoms with Crippen molar-refractivity contribution in [2.45, 2.75) is 12.6 Å². The zero-order valence-corrected chi connectivity index (χ0v) is 6.65. The Bertz CT molecular complexity index is 333. The maximum absolute atomic E-state index is 12.1. The minimum atomic E-state index is -4.67. The van der Waals surface area contributed by atoms with Crippen LogP contribution in [0.5, 0.6) is 0 Å². The van der Waals surface area contributed by atoms with Crippen LogP contribution in [0.25, 0.3) is 0 Å². The van der Waals surface area contributed by atoms with Gasteiger partial charge in [0.15, 0.2) is 0 Å². The average Bonchev–Trinajstić information content (AvgIpc) is 2.01. The standard InChI is InChI=1S/C7H5F5N2/c8-6(9)3-2-14-5(1-4(3)13)7(10,11)12/h1-2,6H,(H2,13,14). The van der Waals surface area contributed by atoms with Crippen LogP contribution in [0.1, 0.15) is 17.7 Å². The molecule has 0 aliphatic rings. The highest BCUT2D eigenvalue weighted by Crippen LogP contribution is 2.31. The van der Waals surface area contributed by atoms with Crippen molar-refractivity contribution in [1.82, 2.24) is 4.98 Å². The lowest BCUT2D eigenvalue weighted by Crippen LogP contribution is -2.09. The van der Waals surface area contributed by atoms with E-state index in [0.29, 0.717) is 12.3 Å². The summed E-state index contributed by atoms with van der Waals surface area (Å²) in [5, 5.41) is 0. The van der Waals surface area contributed by atoms with Gasteiger partial charge in [-0.15, -0.1) is 0 Å². The SMILES string of the molecule is Nc1cc(C(F)(F)F)ncc1C(F)F. The molecule has 0 saturated carbocycles. The maximum Gasteiger partial charge on any atom is 0.433 e. The van der Waals surface area contributed by atoms with Gasteiger partial charge in [-0.05, 0) is 6.07 Å². The van der Waals surface area contributed by atoms with E-state index in [-0.39, 0.29) is 0 Å². The first kappa shape index (κ1) is 10.7. The van der Waals surface area contributed by atoms with Crippen LogP contribution >= 0.6 is 0 Å². The molecule has 0 atom stereocenters. The van der Waals surface area contributed by atoms with Gasteiger partial charge in [-0.3, -0.25) is 4.98 Å². The molecule has 1 heterocycles. The molecule has 0 spiro atoms. The number of aromatic nitrogens is 1. The monoisotopic (exact) mass is 212 g/mol. The summed E-state index contributed by atoms with van der Waals surface area (Å²) in [5.41, 5.74) is 2.42. The van der Waals surface area contributed by atoms with E-state index < -0.39 is 29.5 Å². The number of alkyl halides is 5. The Kier molecular flexibility index (Phi) is 2.59. The Balaban J connectivity index is 3.13. The van der Waals surface area contributed by atoms with Gasteiger partial charge in [0.1, 0.15) is 5.69 Å². The average molecular weight is 212 g/mol. The number of halogens is 5. The van der Waals surface area contributed by atoms with Crippen LogP contribution in [-0.2, 0) is 6.18 Å². The van der Waals surface area contributed by atoms with Crippen molar-refractivity contribution in [1.29, 1.82) is 0 Å². The van der Waals surface area contributed by atoms with Gasteiger partial charge in [0.25, 0.3) is 6.43 Å². The van der Waals surface area contributed by atoms with Crippen molar-refractivity contribution in [3.8, 4) is 0 Å². The summed E-state index contributed by atoms with van der Waals surface area (Å²) in [5.74, 6) is 0. The van der Waals surface area contributed by atoms with Crippen LogP contribution in [0.3, 0.4) is 0 Å². The molecular weight excluding hydrogens is 207 g/mol. The van der Waals surface area contributed by atoms with Crippen molar-refractivity contribution in [2.24, 2.45) is 0 Å². The van der Waals surface area contributed by atoms with Crippen LogP contribution in [0.2, 0.25) is 0 Å². The summed E-state index contributed by atoms with van der Waals surface area (Å²) in [6.45, 7) is 0. The van der Waals surface area contributed by atoms with Gasteiger partial charge in [0.2, 0.25) is 0 Å². The van der Waals surface area contributed by atoms with Gasteiger partial charge >= 0.3 is 6.18 Å². The number of rotatable bonds is 1. The van der Waals surface area contributed by atoms with Crippen molar-refractivity contribution in [3.63, 3.8) is 0 Å². The Morgan fingerprint density at radius 1 is 1.29 bits per heavy atom. The predicted octanol–water partition coefficient (Wildman–Crippen LogP) is 2.62. The molecule has 0 fully saturated rings. The van der Waals surface area contributed by atoms with Gasteiger partial charge in [-0.25, -0.2) is 8.78 Å². The molecule has 1 rings (SSSR count). The van der Waals surface area contributed by atoms with E-state index in [1.165, 1.54) is 0 Å². The number of anilines is 1. The molecule has 0 aromatic carbocycles. The van der Waals surface area contributed by atoms with Crippen molar-refractivity contribution in [3.05, 3.63) is 23.5 Å². The van der Waals surface area contributed by atoms with Crippen molar-refractivity contribution < 1.29 is 22.0 Å². The predicted molar refractivity (Wildman–Crippen MR) is 38.6 cm³/mol. The smallest absolute Gasteiger partial charge is 0.398 e. The first-order valence-corrected chi connectivity index (χ1v) is 3.43. The molecule has 7 heteroatoms. The largest absolute Gasteiger partial charge is 0.433 e. The molecule has 1 aromatic rings. The number of hydrogen-bond acceptors (Lipinski definition) is 2. The Labute approximate surface area is 75.5 Å². The van der Waals surface area contributed by atoms with E-state index >= 15 is 0 Å². The number of pyridine rings is 1. The lowest BCUT2D eigenvalue weighted by atomic mass is 10.2. The highest BCUT2D eigenvalue weighted by molar-refractivity contribution is 5.47. The van der Waals surface area contributed by atoms with Gasteiger partial charge in [-0.2, -0.15) is 13.2 Å². The molecule has 14 heavy (non-hydrogen) atoms. The zero-order chi connectivity index (χ0) is 10.9. The normalized spacial score (nSPS) is 12.1. The fraction of sp³-hybridized carbons (Fsp3) is 0.286. The first-order valence-electron chi connectivity index (χ1n) is 3.43. The van der Waals surface area contributed by atoms with Gasteiger partial charge in [-0.1, -0.05) is 0 Å². The van der Waals surface area contributed by atoms with Gasteiger partial charge < -0.3 is 5.73 Å². The molecule has 2 nitrogen and oxygen atoms in total. The summed E-state index contributed by atoms with van der Waals surface area (Å²) in [7, 11) is 0. The molecule has 0 amide bonds. The third-order valence-corrected chi connectivity index (χ3v) is 1.49. The molecule has 0 aliphatic carbocycles. The topological polar surface area (TPSA) is 38.9 Å². The number of nitrogens with zero attached hydrogens (tertiary/aromatic N) is 1. The lowest BCUT2D eigenvalue weighted by molar-refractivity contribution is -0.141. The third kappa shape index (κ3) is 2.09. The fourth-order valence-electron chi connectivity index (χ4n) is 0.819. The summed E-state index contributed by atoms with van der Waals surface area (Å²) < 4.78 is 60.1. The number of nitrogens with two attached hydrogens (primary N) is 1. The van der Waals surface area contributed by atoms with Crippen molar-refractivity contribution in [2.75, 3.05) is 5.73 Å². The van der Waals surface area contributed by atoms with E-state index in [2.05, 4.69) is 4.98 Å². The van der Waals surface area contributed by atoms with Gasteiger partial charge in [0, 0.05) is 11.9 Å². The second kappa shape index (κ2) is 3.39. The molecule has 0 aliphatic heterocycles. The fourth-order valence-corrected chi connectivity index (χ4v) is 0.819. The van der Waals surface area contributed by atoms with Crippen LogP contribution in [-0.4, -0.2) is 4.98 Å². The molecule has 0 bridgehead atoms. The van der Waals surface area contributed by atoms with E-state index in [0.717, 1.165) is 0 Å². The molecule has 0 unspecified atom stereocenters. The number of hydrogen-bond donors (Lipinski definition) is 1. The van der Waals surface area contributed by atoms with E-state index in [4.69, 9.17) is 5.73 Å². The zero-order valence-electron chi connectivity index (χ0n) is 6.65. The third-order valence-electron chi connectivity index (χ3n) is 1.49. The maximum atomic E-state index is 12.1. The Hall–Kier alpha value is -1.40.